The fourth-order valence-corrected chi connectivity index (χ4v) is 4.14. The number of hydrogen-bond acceptors (Lipinski definition) is 8. The fourth-order valence-electron chi connectivity index (χ4n) is 3.10. The van der Waals surface area contributed by atoms with Crippen LogP contribution in [0.2, 0.25) is 0 Å². The minimum absolute atomic E-state index is 0.0838. The number of nitrogens with zero attached hydrogens (tertiary/aromatic N) is 3. The summed E-state index contributed by atoms with van der Waals surface area (Å²) in [6.45, 7) is 2.68. The number of anilines is 1. The van der Waals surface area contributed by atoms with Crippen molar-refractivity contribution in [1.29, 1.82) is 10.5 Å². The fraction of sp³-hybridized carbons (Fsp3) is 0.381. The molecule has 2 fully saturated rings. The molecule has 29 heavy (non-hydrogen) atoms. The summed E-state index contributed by atoms with van der Waals surface area (Å²) in [5, 5.41) is 23.3. The van der Waals surface area contributed by atoms with Crippen molar-refractivity contribution in [2.24, 2.45) is 5.92 Å². The van der Waals surface area contributed by atoms with Crippen LogP contribution in [0.4, 0.5) is 5.82 Å². The summed E-state index contributed by atoms with van der Waals surface area (Å²) in [5.74, 6) is 2.51. The molecule has 0 spiro atoms. The average Bonchev–Trinajstić information content (AvgIpc) is 2.68. The number of nitriles is 2. The molecule has 148 valence electrons. The third kappa shape index (κ3) is 4.01. The molecule has 1 N–H and O–H groups in total. The Bertz CT molecular complexity index is 973. The number of aromatic nitrogens is 1. The molecule has 3 heterocycles. The largest absolute Gasteiger partial charge is 0.486 e. The highest BCUT2D eigenvalue weighted by Gasteiger charge is 2.24. The van der Waals surface area contributed by atoms with Crippen molar-refractivity contribution < 1.29 is 14.2 Å². The van der Waals surface area contributed by atoms with Crippen molar-refractivity contribution in [3.05, 3.63) is 35.4 Å². The molecule has 0 amide bonds. The molecule has 0 radical (unpaired) electrons. The number of nitrogens with one attached hydrogen (secondary N) is 1. The van der Waals surface area contributed by atoms with Crippen molar-refractivity contribution >= 4 is 17.6 Å². The number of rotatable bonds is 7. The van der Waals surface area contributed by atoms with Crippen LogP contribution < -0.4 is 10.1 Å². The zero-order valence-electron chi connectivity index (χ0n) is 16.0. The summed E-state index contributed by atoms with van der Waals surface area (Å²) in [4.78, 5) is 4.55. The van der Waals surface area contributed by atoms with Gasteiger partial charge in [0.15, 0.2) is 0 Å². The van der Waals surface area contributed by atoms with Gasteiger partial charge in [-0.1, -0.05) is 12.1 Å². The first-order valence-electron chi connectivity index (χ1n) is 9.34. The molecule has 0 atom stereocenters. The van der Waals surface area contributed by atoms with Crippen LogP contribution >= 0.6 is 11.8 Å². The minimum Gasteiger partial charge on any atom is -0.486 e. The van der Waals surface area contributed by atoms with Gasteiger partial charge in [-0.15, -0.1) is 11.8 Å². The van der Waals surface area contributed by atoms with Crippen LogP contribution in [0.25, 0.3) is 11.1 Å². The average molecular weight is 408 g/mol. The Kier molecular flexibility index (Phi) is 5.86. The van der Waals surface area contributed by atoms with Gasteiger partial charge in [-0.05, 0) is 17.7 Å². The molecule has 0 saturated carbocycles. The SMILES string of the molecule is CNc1nc(SCC2COC2)c(C#N)c(-c2ccc(OC3COC3)cc2)c1C#N. The first kappa shape index (κ1) is 19.5. The number of pyridine rings is 1. The van der Waals surface area contributed by atoms with E-state index < -0.39 is 0 Å². The summed E-state index contributed by atoms with van der Waals surface area (Å²) in [6, 6.07) is 11.9. The van der Waals surface area contributed by atoms with Gasteiger partial charge in [-0.3, -0.25) is 0 Å². The van der Waals surface area contributed by atoms with Crippen molar-refractivity contribution in [3.63, 3.8) is 0 Å². The lowest BCUT2D eigenvalue weighted by Crippen LogP contribution is -2.38. The quantitative estimate of drug-likeness (QED) is 0.698. The third-order valence-electron chi connectivity index (χ3n) is 4.84. The van der Waals surface area contributed by atoms with E-state index in [0.29, 0.717) is 46.7 Å². The molecule has 2 aromatic rings. The first-order chi connectivity index (χ1) is 14.2. The lowest BCUT2D eigenvalue weighted by Gasteiger charge is -2.26. The Balaban J connectivity index is 1.71. The second kappa shape index (κ2) is 8.71. The molecule has 1 aromatic carbocycles. The second-order valence-corrected chi connectivity index (χ2v) is 7.89. The van der Waals surface area contributed by atoms with E-state index in [-0.39, 0.29) is 6.10 Å². The third-order valence-corrected chi connectivity index (χ3v) is 6.05. The number of hydrogen-bond donors (Lipinski definition) is 1. The van der Waals surface area contributed by atoms with Crippen LogP contribution in [0.1, 0.15) is 11.1 Å². The lowest BCUT2D eigenvalue weighted by molar-refractivity contribution is -0.0796. The highest BCUT2D eigenvalue weighted by atomic mass is 32.2. The van der Waals surface area contributed by atoms with Crippen LogP contribution in [0.5, 0.6) is 5.75 Å². The molecule has 4 rings (SSSR count). The molecule has 7 nitrogen and oxygen atoms in total. The van der Waals surface area contributed by atoms with Crippen LogP contribution in [0, 0.1) is 28.6 Å². The molecule has 8 heteroatoms. The van der Waals surface area contributed by atoms with E-state index in [2.05, 4.69) is 22.4 Å². The van der Waals surface area contributed by atoms with Gasteiger partial charge in [0, 0.05) is 24.3 Å². The van der Waals surface area contributed by atoms with E-state index in [4.69, 9.17) is 14.2 Å². The molecular formula is C21H20N4O3S. The van der Waals surface area contributed by atoms with Gasteiger partial charge in [0.05, 0.1) is 32.0 Å². The zero-order valence-corrected chi connectivity index (χ0v) is 16.8. The van der Waals surface area contributed by atoms with Gasteiger partial charge in [0.25, 0.3) is 0 Å². The molecule has 0 unspecified atom stereocenters. The van der Waals surface area contributed by atoms with E-state index in [0.717, 1.165) is 30.3 Å². The summed E-state index contributed by atoms with van der Waals surface area (Å²) in [7, 11) is 1.73. The monoisotopic (exact) mass is 408 g/mol. The van der Waals surface area contributed by atoms with Crippen LogP contribution in [-0.2, 0) is 9.47 Å². The highest BCUT2D eigenvalue weighted by molar-refractivity contribution is 7.99. The Morgan fingerprint density at radius 2 is 1.79 bits per heavy atom. The van der Waals surface area contributed by atoms with Crippen molar-refractivity contribution in [2.75, 3.05) is 44.5 Å². The Labute approximate surface area is 173 Å². The molecule has 2 aliphatic rings. The number of benzene rings is 1. The maximum absolute atomic E-state index is 9.90. The van der Waals surface area contributed by atoms with Crippen molar-refractivity contribution in [2.45, 2.75) is 11.1 Å². The molecule has 1 aromatic heterocycles. The van der Waals surface area contributed by atoms with E-state index in [1.54, 1.807) is 7.05 Å². The first-order valence-corrected chi connectivity index (χ1v) is 10.3. The Morgan fingerprint density at radius 1 is 1.10 bits per heavy atom. The highest BCUT2D eigenvalue weighted by Crippen LogP contribution is 2.38. The maximum Gasteiger partial charge on any atom is 0.145 e. The Hall–Kier alpha value is -2.78. The predicted molar refractivity (Wildman–Crippen MR) is 109 cm³/mol. The Morgan fingerprint density at radius 3 is 2.31 bits per heavy atom. The number of thioether (sulfide) groups is 1. The molecule has 2 saturated heterocycles. The molecule has 2 aliphatic heterocycles. The van der Waals surface area contributed by atoms with Crippen molar-refractivity contribution in [3.8, 4) is 29.0 Å². The normalized spacial score (nSPS) is 16.2. The van der Waals surface area contributed by atoms with Gasteiger partial charge in [-0.25, -0.2) is 4.98 Å². The lowest BCUT2D eigenvalue weighted by atomic mass is 9.96. The topological polar surface area (TPSA) is 100 Å². The van der Waals surface area contributed by atoms with Gasteiger partial charge < -0.3 is 19.5 Å². The van der Waals surface area contributed by atoms with E-state index in [1.807, 2.05) is 24.3 Å². The summed E-state index contributed by atoms with van der Waals surface area (Å²) < 4.78 is 16.2. The zero-order chi connectivity index (χ0) is 20.2. The van der Waals surface area contributed by atoms with Crippen molar-refractivity contribution in [1.82, 2.24) is 4.98 Å². The minimum atomic E-state index is 0.0838. The molecule has 0 bridgehead atoms. The van der Waals surface area contributed by atoms with E-state index in [1.165, 1.54) is 11.8 Å². The molecule has 0 aliphatic carbocycles. The van der Waals surface area contributed by atoms with E-state index in [9.17, 15) is 10.5 Å². The number of ether oxygens (including phenoxy) is 3. The van der Waals surface area contributed by atoms with Gasteiger partial charge in [-0.2, -0.15) is 10.5 Å². The molecular weight excluding hydrogens is 388 g/mol. The summed E-state index contributed by atoms with van der Waals surface area (Å²) in [6.07, 6.45) is 0.0838. The van der Waals surface area contributed by atoms with Gasteiger partial charge in [0.1, 0.15) is 40.4 Å². The standard InChI is InChI=1S/C21H20N4O3S/c1-24-20-17(6-22)19(14-2-4-15(5-3-14)28-16-10-27-11-16)18(7-23)21(25-20)29-12-13-8-26-9-13/h2-5,13,16H,8-12H2,1H3,(H,24,25). The van der Waals surface area contributed by atoms with Crippen LogP contribution in [0.3, 0.4) is 0 Å². The van der Waals surface area contributed by atoms with E-state index >= 15 is 0 Å². The van der Waals surface area contributed by atoms with Crippen LogP contribution in [-0.4, -0.2) is 50.3 Å². The smallest absolute Gasteiger partial charge is 0.145 e. The maximum atomic E-state index is 9.90. The summed E-state index contributed by atoms with van der Waals surface area (Å²) in [5.41, 5.74) is 2.16. The van der Waals surface area contributed by atoms with Gasteiger partial charge >= 0.3 is 0 Å². The summed E-state index contributed by atoms with van der Waals surface area (Å²) >= 11 is 1.53. The van der Waals surface area contributed by atoms with Crippen LogP contribution in [0.15, 0.2) is 29.3 Å². The van der Waals surface area contributed by atoms with Gasteiger partial charge in [0.2, 0.25) is 0 Å². The predicted octanol–water partition coefficient (Wildman–Crippen LogP) is 3.05. The second-order valence-electron chi connectivity index (χ2n) is 6.88.